The zero-order valence-corrected chi connectivity index (χ0v) is 17.8. The number of amides is 1. The van der Waals surface area contributed by atoms with Gasteiger partial charge < -0.3 is 9.64 Å². The second-order valence-corrected chi connectivity index (χ2v) is 8.92. The first-order valence-corrected chi connectivity index (χ1v) is 11.4. The van der Waals surface area contributed by atoms with Crippen LogP contribution in [0.5, 0.6) is 0 Å². The van der Waals surface area contributed by atoms with Gasteiger partial charge in [0.25, 0.3) is 0 Å². The number of halogens is 1. The molecule has 1 aromatic carbocycles. The lowest BCUT2D eigenvalue weighted by molar-refractivity contribution is -0.151. The van der Waals surface area contributed by atoms with E-state index in [2.05, 4.69) is 4.72 Å². The number of nitrogens with zero attached hydrogens (tertiary/aromatic N) is 1. The monoisotopic (exact) mass is 430 g/mol. The van der Waals surface area contributed by atoms with E-state index in [1.54, 1.807) is 11.8 Å². The van der Waals surface area contributed by atoms with E-state index in [0.29, 0.717) is 50.4 Å². The van der Waals surface area contributed by atoms with Gasteiger partial charge in [-0.3, -0.25) is 9.59 Å². The minimum Gasteiger partial charge on any atom is -0.466 e. The Hall–Kier alpha value is -1.64. The highest BCUT2D eigenvalue weighted by Crippen LogP contribution is 2.21. The number of nitrogens with one attached hydrogen (secondary N) is 1. The van der Waals surface area contributed by atoms with E-state index >= 15 is 0 Å². The van der Waals surface area contributed by atoms with Crippen LogP contribution in [0.3, 0.4) is 0 Å². The maximum Gasteiger partial charge on any atom is 0.309 e. The molecule has 0 saturated carbocycles. The normalized spacial score (nSPS) is 16.6. The van der Waals surface area contributed by atoms with Crippen LogP contribution in [0.15, 0.2) is 29.2 Å². The van der Waals surface area contributed by atoms with Crippen LogP contribution in [-0.2, 0) is 24.3 Å². The Morgan fingerprint density at radius 2 is 1.82 bits per heavy atom. The molecular weight excluding hydrogens is 404 g/mol. The highest BCUT2D eigenvalue weighted by atomic mass is 35.5. The third kappa shape index (κ3) is 5.93. The first kappa shape index (κ1) is 22.6. The summed E-state index contributed by atoms with van der Waals surface area (Å²) in [6.07, 6.45) is 2.09. The van der Waals surface area contributed by atoms with Gasteiger partial charge in [-0.1, -0.05) is 24.9 Å². The molecule has 0 aromatic heterocycles. The molecule has 1 aromatic rings. The van der Waals surface area contributed by atoms with E-state index in [1.165, 1.54) is 24.3 Å². The fourth-order valence-corrected chi connectivity index (χ4v) is 4.56. The van der Waals surface area contributed by atoms with Crippen molar-refractivity contribution >= 4 is 33.5 Å². The van der Waals surface area contributed by atoms with E-state index in [0.717, 1.165) is 0 Å². The van der Waals surface area contributed by atoms with Crippen LogP contribution in [0.4, 0.5) is 0 Å². The quantitative estimate of drug-likeness (QED) is 0.640. The Kier molecular flexibility index (Phi) is 8.27. The summed E-state index contributed by atoms with van der Waals surface area (Å²) in [7, 11) is -3.84. The Bertz CT molecular complexity index is 774. The molecule has 1 aliphatic heterocycles. The molecule has 1 N–H and O–H groups in total. The lowest BCUT2D eigenvalue weighted by atomic mass is 9.96. The van der Waals surface area contributed by atoms with Gasteiger partial charge in [0.1, 0.15) is 6.04 Å². The van der Waals surface area contributed by atoms with Gasteiger partial charge >= 0.3 is 5.97 Å². The molecule has 1 unspecified atom stereocenters. The maximum atomic E-state index is 12.9. The third-order valence-corrected chi connectivity index (χ3v) is 6.46. The minimum absolute atomic E-state index is 0.0619. The van der Waals surface area contributed by atoms with E-state index in [4.69, 9.17) is 16.3 Å². The summed E-state index contributed by atoms with van der Waals surface area (Å²) in [6.45, 7) is 4.81. The standard InChI is InChI=1S/C19H27ClN2O5S/c1-3-5-17(21-28(25,26)16-8-6-15(20)7-9-16)18(23)22-12-10-14(11-13-22)19(24)27-4-2/h6-9,14,17,21H,3-5,10-13H2,1-2H3. The van der Waals surface area contributed by atoms with Gasteiger partial charge in [0, 0.05) is 18.1 Å². The highest BCUT2D eigenvalue weighted by molar-refractivity contribution is 7.89. The first-order valence-electron chi connectivity index (χ1n) is 9.51. The molecule has 1 amide bonds. The fourth-order valence-electron chi connectivity index (χ4n) is 3.21. The molecule has 7 nitrogen and oxygen atoms in total. The average molecular weight is 431 g/mol. The van der Waals surface area contributed by atoms with Gasteiger partial charge in [-0.25, -0.2) is 8.42 Å². The molecular formula is C19H27ClN2O5S. The molecule has 0 bridgehead atoms. The van der Waals surface area contributed by atoms with Gasteiger partial charge in [0.05, 0.1) is 17.4 Å². The number of hydrogen-bond acceptors (Lipinski definition) is 5. The van der Waals surface area contributed by atoms with E-state index in [-0.39, 0.29) is 22.7 Å². The fraction of sp³-hybridized carbons (Fsp3) is 0.579. The number of piperidine rings is 1. The van der Waals surface area contributed by atoms with Crippen molar-refractivity contribution < 1.29 is 22.7 Å². The van der Waals surface area contributed by atoms with Crippen LogP contribution in [0.25, 0.3) is 0 Å². The van der Waals surface area contributed by atoms with Crippen LogP contribution in [0.1, 0.15) is 39.5 Å². The Labute approximate surface area is 171 Å². The number of sulfonamides is 1. The minimum atomic E-state index is -3.84. The van der Waals surface area contributed by atoms with Crippen LogP contribution in [0, 0.1) is 5.92 Å². The zero-order valence-electron chi connectivity index (χ0n) is 16.2. The summed E-state index contributed by atoms with van der Waals surface area (Å²) >= 11 is 5.81. The van der Waals surface area contributed by atoms with Gasteiger partial charge in [-0.05, 0) is 50.5 Å². The summed E-state index contributed by atoms with van der Waals surface area (Å²) in [6, 6.07) is 4.95. The number of carbonyl (C=O) groups excluding carboxylic acids is 2. The lowest BCUT2D eigenvalue weighted by Crippen LogP contribution is -2.51. The maximum absolute atomic E-state index is 12.9. The van der Waals surface area contributed by atoms with Gasteiger partial charge in [0.2, 0.25) is 15.9 Å². The Balaban J connectivity index is 2.04. The summed E-state index contributed by atoms with van der Waals surface area (Å²) in [4.78, 5) is 26.5. The predicted octanol–water partition coefficient (Wildman–Crippen LogP) is 2.59. The summed E-state index contributed by atoms with van der Waals surface area (Å²) in [5.41, 5.74) is 0. The second-order valence-electron chi connectivity index (χ2n) is 6.77. The molecule has 0 spiro atoms. The van der Waals surface area contributed by atoms with E-state index in [9.17, 15) is 18.0 Å². The molecule has 1 aliphatic rings. The van der Waals surface area contributed by atoms with Crippen molar-refractivity contribution in [3.63, 3.8) is 0 Å². The number of likely N-dealkylation sites (tertiary alicyclic amines) is 1. The largest absolute Gasteiger partial charge is 0.466 e. The SMILES string of the molecule is CCCC(NS(=O)(=O)c1ccc(Cl)cc1)C(=O)N1CCC(C(=O)OCC)CC1. The lowest BCUT2D eigenvalue weighted by Gasteiger charge is -2.33. The number of esters is 1. The summed E-state index contributed by atoms with van der Waals surface area (Å²) in [5.74, 6) is -0.704. The van der Waals surface area contributed by atoms with Crippen molar-refractivity contribution in [2.24, 2.45) is 5.92 Å². The van der Waals surface area contributed by atoms with Crippen LogP contribution < -0.4 is 4.72 Å². The van der Waals surface area contributed by atoms with Crippen molar-refractivity contribution in [3.8, 4) is 0 Å². The molecule has 1 fully saturated rings. The predicted molar refractivity (Wildman–Crippen MR) is 106 cm³/mol. The number of hydrogen-bond donors (Lipinski definition) is 1. The topological polar surface area (TPSA) is 92.8 Å². The summed E-state index contributed by atoms with van der Waals surface area (Å²) < 4.78 is 32.9. The molecule has 0 aliphatic carbocycles. The molecule has 1 atom stereocenters. The Morgan fingerprint density at radius 3 is 2.36 bits per heavy atom. The molecule has 156 valence electrons. The van der Waals surface area contributed by atoms with Crippen LogP contribution in [0.2, 0.25) is 5.02 Å². The van der Waals surface area contributed by atoms with Gasteiger partial charge in [-0.2, -0.15) is 4.72 Å². The van der Waals surface area contributed by atoms with Gasteiger partial charge in [0.15, 0.2) is 0 Å². The molecule has 1 heterocycles. The molecule has 2 rings (SSSR count). The molecule has 1 saturated heterocycles. The van der Waals surface area contributed by atoms with Crippen LogP contribution >= 0.6 is 11.6 Å². The van der Waals surface area contributed by atoms with Crippen molar-refractivity contribution in [3.05, 3.63) is 29.3 Å². The van der Waals surface area contributed by atoms with Crippen molar-refractivity contribution in [2.75, 3.05) is 19.7 Å². The number of carbonyl (C=O) groups is 2. The number of benzene rings is 1. The second kappa shape index (κ2) is 10.2. The van der Waals surface area contributed by atoms with Crippen molar-refractivity contribution in [2.45, 2.75) is 50.5 Å². The van der Waals surface area contributed by atoms with Crippen LogP contribution in [-0.4, -0.2) is 50.9 Å². The smallest absolute Gasteiger partial charge is 0.309 e. The molecule has 9 heteroatoms. The third-order valence-electron chi connectivity index (χ3n) is 4.72. The van der Waals surface area contributed by atoms with Crippen molar-refractivity contribution in [1.82, 2.24) is 9.62 Å². The average Bonchev–Trinajstić information content (AvgIpc) is 2.67. The first-order chi connectivity index (χ1) is 13.3. The van der Waals surface area contributed by atoms with E-state index in [1.807, 2.05) is 6.92 Å². The van der Waals surface area contributed by atoms with Gasteiger partial charge in [-0.15, -0.1) is 0 Å². The van der Waals surface area contributed by atoms with E-state index < -0.39 is 16.1 Å². The number of rotatable bonds is 8. The van der Waals surface area contributed by atoms with Crippen molar-refractivity contribution in [1.29, 1.82) is 0 Å². The molecule has 0 radical (unpaired) electrons. The Morgan fingerprint density at radius 1 is 1.21 bits per heavy atom. The zero-order chi connectivity index (χ0) is 20.7. The number of ether oxygens (including phenoxy) is 1. The molecule has 28 heavy (non-hydrogen) atoms. The highest BCUT2D eigenvalue weighted by Gasteiger charge is 2.33. The summed E-state index contributed by atoms with van der Waals surface area (Å²) in [5, 5.41) is 0.435.